The van der Waals surface area contributed by atoms with Gasteiger partial charge in [0.1, 0.15) is 11.6 Å². The fourth-order valence-electron chi connectivity index (χ4n) is 3.08. The third-order valence-corrected chi connectivity index (χ3v) is 4.56. The zero-order valence-corrected chi connectivity index (χ0v) is 13.9. The van der Waals surface area contributed by atoms with Crippen LogP contribution in [0, 0.1) is 30.4 Å². The van der Waals surface area contributed by atoms with Crippen molar-refractivity contribution in [2.75, 3.05) is 6.54 Å². The van der Waals surface area contributed by atoms with Gasteiger partial charge in [0, 0.05) is 29.6 Å². The van der Waals surface area contributed by atoms with Gasteiger partial charge in [0.15, 0.2) is 0 Å². The Balaban J connectivity index is 1.53. The van der Waals surface area contributed by atoms with Crippen molar-refractivity contribution in [1.82, 2.24) is 5.32 Å². The normalized spacial score (nSPS) is 16.2. The van der Waals surface area contributed by atoms with Gasteiger partial charge in [-0.2, -0.15) is 0 Å². The second-order valence-electron chi connectivity index (χ2n) is 6.56. The molecule has 0 aromatic heterocycles. The maximum atomic E-state index is 13.2. The first-order valence-electron chi connectivity index (χ1n) is 8.39. The quantitative estimate of drug-likeness (QED) is 0.758. The molecular formula is C21H21F2N2. The van der Waals surface area contributed by atoms with Crippen molar-refractivity contribution < 1.29 is 8.78 Å². The molecule has 0 spiro atoms. The number of halogens is 2. The SMILES string of the molecule is C#Cc1cccc(C2(NCC[C@@H](N)[CH]c3cc(F)cc(F)c3)CC2)c1. The Morgan fingerprint density at radius 1 is 1.20 bits per heavy atom. The third-order valence-electron chi connectivity index (χ3n) is 4.56. The smallest absolute Gasteiger partial charge is 0.126 e. The first-order valence-corrected chi connectivity index (χ1v) is 8.39. The highest BCUT2D eigenvalue weighted by atomic mass is 19.1. The van der Waals surface area contributed by atoms with E-state index in [9.17, 15) is 8.78 Å². The Bertz CT molecular complexity index is 770. The predicted molar refractivity (Wildman–Crippen MR) is 95.6 cm³/mol. The van der Waals surface area contributed by atoms with Crippen molar-refractivity contribution >= 4 is 0 Å². The topological polar surface area (TPSA) is 38.0 Å². The number of terminal acetylenes is 1. The molecule has 2 nitrogen and oxygen atoms in total. The van der Waals surface area contributed by atoms with Crippen molar-refractivity contribution in [3.63, 3.8) is 0 Å². The van der Waals surface area contributed by atoms with Gasteiger partial charge in [0.25, 0.3) is 0 Å². The molecule has 0 bridgehead atoms. The van der Waals surface area contributed by atoms with Gasteiger partial charge in [0.05, 0.1) is 0 Å². The molecule has 25 heavy (non-hydrogen) atoms. The molecule has 1 aliphatic carbocycles. The molecule has 2 aromatic rings. The molecule has 1 aliphatic rings. The summed E-state index contributed by atoms with van der Waals surface area (Å²) in [5.74, 6) is 1.47. The molecule has 1 radical (unpaired) electrons. The summed E-state index contributed by atoms with van der Waals surface area (Å²) < 4.78 is 26.4. The van der Waals surface area contributed by atoms with Gasteiger partial charge in [-0.05, 0) is 61.2 Å². The van der Waals surface area contributed by atoms with Crippen LogP contribution < -0.4 is 11.1 Å². The molecule has 1 saturated carbocycles. The van der Waals surface area contributed by atoms with Gasteiger partial charge in [0.2, 0.25) is 0 Å². The molecule has 0 aliphatic heterocycles. The minimum atomic E-state index is -0.595. The number of rotatable bonds is 7. The second kappa shape index (κ2) is 7.35. The minimum absolute atomic E-state index is 0.0163. The summed E-state index contributed by atoms with van der Waals surface area (Å²) >= 11 is 0. The summed E-state index contributed by atoms with van der Waals surface area (Å²) in [6, 6.07) is 11.2. The first-order chi connectivity index (χ1) is 12.0. The Morgan fingerprint density at radius 3 is 2.56 bits per heavy atom. The van der Waals surface area contributed by atoms with Gasteiger partial charge in [-0.3, -0.25) is 0 Å². The van der Waals surface area contributed by atoms with Crippen LogP contribution in [-0.4, -0.2) is 12.6 Å². The van der Waals surface area contributed by atoms with Gasteiger partial charge in [-0.15, -0.1) is 6.42 Å². The van der Waals surface area contributed by atoms with Gasteiger partial charge >= 0.3 is 0 Å². The van der Waals surface area contributed by atoms with Crippen LogP contribution in [0.2, 0.25) is 0 Å². The predicted octanol–water partition coefficient (Wildman–Crippen LogP) is 3.49. The van der Waals surface area contributed by atoms with Crippen LogP contribution in [0.5, 0.6) is 0 Å². The van der Waals surface area contributed by atoms with E-state index in [2.05, 4.69) is 17.3 Å². The molecule has 4 heteroatoms. The van der Waals surface area contributed by atoms with Crippen LogP contribution in [-0.2, 0) is 5.54 Å². The molecule has 1 fully saturated rings. The molecule has 3 rings (SSSR count). The molecule has 2 aromatic carbocycles. The van der Waals surface area contributed by atoms with Crippen LogP contribution in [0.1, 0.15) is 36.0 Å². The standard InChI is InChI=1S/C21H21F2N2/c1-2-15-4-3-5-17(10-15)21(7-8-21)25-9-6-20(24)13-16-11-18(22)14-19(23)12-16/h1,3-5,10-14,20,25H,6-9,24H2/t20-/m1/s1. The number of benzene rings is 2. The lowest BCUT2D eigenvalue weighted by molar-refractivity contribution is 0.494. The van der Waals surface area contributed by atoms with E-state index in [0.29, 0.717) is 12.0 Å². The van der Waals surface area contributed by atoms with Crippen molar-refractivity contribution in [3.8, 4) is 12.3 Å². The molecule has 0 heterocycles. The number of nitrogens with two attached hydrogens (primary N) is 1. The number of hydrogen-bond acceptors (Lipinski definition) is 2. The summed E-state index contributed by atoms with van der Waals surface area (Å²) in [5.41, 5.74) is 8.60. The van der Waals surface area contributed by atoms with Crippen LogP contribution in [0.3, 0.4) is 0 Å². The Kier molecular flexibility index (Phi) is 5.17. The van der Waals surface area contributed by atoms with E-state index in [-0.39, 0.29) is 11.6 Å². The highest BCUT2D eigenvalue weighted by molar-refractivity contribution is 5.40. The maximum absolute atomic E-state index is 13.2. The highest BCUT2D eigenvalue weighted by Crippen LogP contribution is 2.45. The van der Waals surface area contributed by atoms with Crippen LogP contribution >= 0.6 is 0 Å². The molecule has 129 valence electrons. The van der Waals surface area contributed by atoms with Gasteiger partial charge < -0.3 is 11.1 Å². The zero-order chi connectivity index (χ0) is 17.9. The molecule has 0 unspecified atom stereocenters. The van der Waals surface area contributed by atoms with E-state index >= 15 is 0 Å². The lowest BCUT2D eigenvalue weighted by atomic mass is 10.0. The molecule has 0 saturated heterocycles. The van der Waals surface area contributed by atoms with E-state index in [4.69, 9.17) is 12.2 Å². The zero-order valence-electron chi connectivity index (χ0n) is 13.9. The average Bonchev–Trinajstić information content (AvgIpc) is 3.35. The van der Waals surface area contributed by atoms with E-state index in [0.717, 1.165) is 31.0 Å². The molecule has 1 atom stereocenters. The average molecular weight is 339 g/mol. The number of hydrogen-bond donors (Lipinski definition) is 2. The van der Waals surface area contributed by atoms with Crippen molar-refractivity contribution in [3.05, 3.63) is 77.2 Å². The van der Waals surface area contributed by atoms with E-state index < -0.39 is 11.6 Å². The minimum Gasteiger partial charge on any atom is -0.327 e. The lowest BCUT2D eigenvalue weighted by Crippen LogP contribution is -2.34. The molecular weight excluding hydrogens is 318 g/mol. The monoisotopic (exact) mass is 339 g/mol. The summed E-state index contributed by atoms with van der Waals surface area (Å²) in [5, 5.41) is 3.56. The third kappa shape index (κ3) is 4.45. The van der Waals surface area contributed by atoms with Crippen molar-refractivity contribution in [1.29, 1.82) is 0 Å². The van der Waals surface area contributed by atoms with Crippen LogP contribution in [0.15, 0.2) is 42.5 Å². The van der Waals surface area contributed by atoms with E-state index in [1.165, 1.54) is 17.7 Å². The maximum Gasteiger partial charge on any atom is 0.126 e. The van der Waals surface area contributed by atoms with Crippen LogP contribution in [0.4, 0.5) is 8.78 Å². The second-order valence-corrected chi connectivity index (χ2v) is 6.56. The van der Waals surface area contributed by atoms with Crippen LogP contribution in [0.25, 0.3) is 0 Å². The lowest BCUT2D eigenvalue weighted by Gasteiger charge is -2.20. The van der Waals surface area contributed by atoms with Crippen molar-refractivity contribution in [2.24, 2.45) is 5.73 Å². The fraction of sp³-hybridized carbons (Fsp3) is 0.286. The van der Waals surface area contributed by atoms with Crippen molar-refractivity contribution in [2.45, 2.75) is 30.8 Å². The van der Waals surface area contributed by atoms with E-state index in [1.54, 1.807) is 6.42 Å². The first kappa shape index (κ1) is 17.6. The highest BCUT2D eigenvalue weighted by Gasteiger charge is 2.43. The van der Waals surface area contributed by atoms with Gasteiger partial charge in [-0.25, -0.2) is 8.78 Å². The van der Waals surface area contributed by atoms with E-state index in [1.807, 2.05) is 18.2 Å². The summed E-state index contributed by atoms with van der Waals surface area (Å²) in [6.07, 6.45) is 9.96. The fourth-order valence-corrected chi connectivity index (χ4v) is 3.08. The number of nitrogens with one attached hydrogen (secondary N) is 1. The Morgan fingerprint density at radius 2 is 1.92 bits per heavy atom. The summed E-state index contributed by atoms with van der Waals surface area (Å²) in [7, 11) is 0. The summed E-state index contributed by atoms with van der Waals surface area (Å²) in [6.45, 7) is 0.718. The summed E-state index contributed by atoms with van der Waals surface area (Å²) in [4.78, 5) is 0. The largest absolute Gasteiger partial charge is 0.327 e. The Hall–Kier alpha value is -2.22. The molecule has 0 amide bonds. The Labute approximate surface area is 147 Å². The van der Waals surface area contributed by atoms with Gasteiger partial charge in [-0.1, -0.05) is 18.1 Å². The molecule has 3 N–H and O–H groups in total.